The summed E-state index contributed by atoms with van der Waals surface area (Å²) in [5, 5.41) is 0. The fourth-order valence-electron chi connectivity index (χ4n) is 1.45. The quantitative estimate of drug-likeness (QED) is 0.777. The maximum absolute atomic E-state index is 11.0. The van der Waals surface area contributed by atoms with E-state index in [1.165, 1.54) is 6.26 Å². The van der Waals surface area contributed by atoms with E-state index in [9.17, 15) is 8.42 Å². The molecule has 0 saturated carbocycles. The second kappa shape index (κ2) is 6.09. The zero-order valence-electron chi connectivity index (χ0n) is 10.3. The molecular weight excluding hydrogens is 238 g/mol. The van der Waals surface area contributed by atoms with Gasteiger partial charge >= 0.3 is 0 Å². The summed E-state index contributed by atoms with van der Waals surface area (Å²) < 4.78 is 22.1. The number of nitrogens with two attached hydrogens (primary N) is 1. The lowest BCUT2D eigenvalue weighted by Gasteiger charge is -2.16. The van der Waals surface area contributed by atoms with Gasteiger partial charge in [0.05, 0.1) is 11.4 Å². The zero-order valence-corrected chi connectivity index (χ0v) is 11.1. The summed E-state index contributed by atoms with van der Waals surface area (Å²) in [7, 11) is -1.00. The van der Waals surface area contributed by atoms with Crippen molar-refractivity contribution in [3.05, 3.63) is 29.6 Å². The van der Waals surface area contributed by atoms with Crippen LogP contribution in [0, 0.1) is 0 Å². The van der Waals surface area contributed by atoms with Crippen LogP contribution < -0.4 is 5.73 Å². The summed E-state index contributed by atoms with van der Waals surface area (Å²) in [5.74, 6) is 0.179. The lowest BCUT2D eigenvalue weighted by Crippen LogP contribution is -2.25. The summed E-state index contributed by atoms with van der Waals surface area (Å²) >= 11 is 0. The minimum Gasteiger partial charge on any atom is -0.325 e. The van der Waals surface area contributed by atoms with E-state index in [1.807, 2.05) is 24.1 Å². The van der Waals surface area contributed by atoms with E-state index in [0.29, 0.717) is 19.6 Å². The van der Waals surface area contributed by atoms with Crippen molar-refractivity contribution in [2.75, 3.05) is 25.6 Å². The molecule has 6 heteroatoms. The molecule has 1 aromatic rings. The molecule has 0 saturated heterocycles. The van der Waals surface area contributed by atoms with Crippen LogP contribution in [-0.4, -0.2) is 43.9 Å². The van der Waals surface area contributed by atoms with Gasteiger partial charge in [-0.25, -0.2) is 8.42 Å². The van der Waals surface area contributed by atoms with Crippen molar-refractivity contribution >= 4 is 9.84 Å². The van der Waals surface area contributed by atoms with Crippen LogP contribution in [0.1, 0.15) is 11.3 Å². The van der Waals surface area contributed by atoms with E-state index in [0.717, 1.165) is 11.3 Å². The molecule has 0 atom stereocenters. The van der Waals surface area contributed by atoms with Crippen molar-refractivity contribution < 1.29 is 8.42 Å². The first-order valence-corrected chi connectivity index (χ1v) is 7.47. The van der Waals surface area contributed by atoms with Crippen LogP contribution in [-0.2, 0) is 22.9 Å². The zero-order chi connectivity index (χ0) is 12.9. The Morgan fingerprint density at radius 2 is 2.18 bits per heavy atom. The van der Waals surface area contributed by atoms with Crippen LogP contribution in [0.3, 0.4) is 0 Å². The highest BCUT2D eigenvalue weighted by molar-refractivity contribution is 7.90. The highest BCUT2D eigenvalue weighted by atomic mass is 32.2. The van der Waals surface area contributed by atoms with E-state index in [1.54, 1.807) is 6.20 Å². The van der Waals surface area contributed by atoms with Crippen LogP contribution in [0.4, 0.5) is 0 Å². The molecule has 0 amide bonds. The molecule has 0 aromatic carbocycles. The third-order valence-corrected chi connectivity index (χ3v) is 3.31. The van der Waals surface area contributed by atoms with Crippen molar-refractivity contribution in [1.82, 2.24) is 9.88 Å². The lowest BCUT2D eigenvalue weighted by molar-refractivity contribution is 0.346. The largest absolute Gasteiger partial charge is 0.325 e. The molecule has 96 valence electrons. The predicted octanol–water partition coefficient (Wildman–Crippen LogP) is 0.0167. The Balaban J connectivity index is 2.52. The first-order chi connectivity index (χ1) is 7.90. The molecule has 1 aromatic heterocycles. The second-order valence-electron chi connectivity index (χ2n) is 4.23. The number of hydrogen-bond donors (Lipinski definition) is 1. The first-order valence-electron chi connectivity index (χ1n) is 5.41. The average molecular weight is 257 g/mol. The smallest absolute Gasteiger partial charge is 0.148 e. The van der Waals surface area contributed by atoms with Crippen LogP contribution in [0.25, 0.3) is 0 Å². The minimum absolute atomic E-state index is 0.179. The van der Waals surface area contributed by atoms with Gasteiger partial charge in [-0.05, 0) is 24.7 Å². The van der Waals surface area contributed by atoms with E-state index in [-0.39, 0.29) is 5.75 Å². The maximum Gasteiger partial charge on any atom is 0.148 e. The summed E-state index contributed by atoms with van der Waals surface area (Å²) in [6.45, 7) is 1.64. The fraction of sp³-hybridized carbons (Fsp3) is 0.545. The number of rotatable bonds is 6. The topological polar surface area (TPSA) is 76.3 Å². The van der Waals surface area contributed by atoms with Crippen LogP contribution in [0.2, 0.25) is 0 Å². The Hall–Kier alpha value is -0.980. The van der Waals surface area contributed by atoms with E-state index < -0.39 is 9.84 Å². The van der Waals surface area contributed by atoms with Gasteiger partial charge in [0.1, 0.15) is 9.84 Å². The first kappa shape index (κ1) is 14.1. The molecule has 0 radical (unpaired) electrons. The molecule has 5 nitrogen and oxygen atoms in total. The number of sulfone groups is 1. The van der Waals surface area contributed by atoms with Crippen molar-refractivity contribution in [3.63, 3.8) is 0 Å². The van der Waals surface area contributed by atoms with Crippen molar-refractivity contribution in [2.45, 2.75) is 13.1 Å². The molecule has 0 unspecified atom stereocenters. The third-order valence-electron chi connectivity index (χ3n) is 2.39. The molecular formula is C11H19N3O2S. The van der Waals surface area contributed by atoms with Gasteiger partial charge in [0.15, 0.2) is 0 Å². The van der Waals surface area contributed by atoms with Crippen molar-refractivity contribution in [2.24, 2.45) is 5.73 Å². The van der Waals surface area contributed by atoms with Gasteiger partial charge in [-0.3, -0.25) is 4.98 Å². The molecule has 0 spiro atoms. The average Bonchev–Trinajstić information content (AvgIpc) is 2.26. The normalized spacial score (nSPS) is 12.0. The Labute approximate surface area is 103 Å². The maximum atomic E-state index is 11.0. The van der Waals surface area contributed by atoms with Crippen molar-refractivity contribution in [1.29, 1.82) is 0 Å². The minimum atomic E-state index is -2.90. The Bertz CT molecular complexity index is 460. The van der Waals surface area contributed by atoms with Gasteiger partial charge in [0.25, 0.3) is 0 Å². The molecule has 0 bridgehead atoms. The van der Waals surface area contributed by atoms with Gasteiger partial charge in [-0.15, -0.1) is 0 Å². The van der Waals surface area contributed by atoms with Gasteiger partial charge in [0.2, 0.25) is 0 Å². The Kier molecular flexibility index (Phi) is 5.04. The second-order valence-corrected chi connectivity index (χ2v) is 6.49. The SMILES string of the molecule is CN(CCS(C)(=O)=O)Cc1ccnc(CN)c1. The van der Waals surface area contributed by atoms with E-state index >= 15 is 0 Å². The lowest BCUT2D eigenvalue weighted by atomic mass is 10.2. The number of pyridine rings is 1. The van der Waals surface area contributed by atoms with Crippen LogP contribution in [0.15, 0.2) is 18.3 Å². The van der Waals surface area contributed by atoms with Crippen LogP contribution >= 0.6 is 0 Å². The predicted molar refractivity (Wildman–Crippen MR) is 68.2 cm³/mol. The summed E-state index contributed by atoms with van der Waals surface area (Å²) in [6.07, 6.45) is 2.97. The van der Waals surface area contributed by atoms with Gasteiger partial charge in [-0.1, -0.05) is 0 Å². The fourth-order valence-corrected chi connectivity index (χ4v) is 2.09. The van der Waals surface area contributed by atoms with E-state index in [4.69, 9.17) is 5.73 Å². The van der Waals surface area contributed by atoms with Gasteiger partial charge in [0, 0.05) is 32.1 Å². The molecule has 2 N–H and O–H groups in total. The molecule has 0 aliphatic heterocycles. The summed E-state index contributed by atoms with van der Waals surface area (Å²) in [5.41, 5.74) is 7.45. The summed E-state index contributed by atoms with van der Waals surface area (Å²) in [6, 6.07) is 3.85. The highest BCUT2D eigenvalue weighted by Gasteiger charge is 2.06. The molecule has 17 heavy (non-hydrogen) atoms. The molecule has 0 aliphatic rings. The number of hydrogen-bond acceptors (Lipinski definition) is 5. The summed E-state index contributed by atoms with van der Waals surface area (Å²) in [4.78, 5) is 6.08. The van der Waals surface area contributed by atoms with Gasteiger partial charge < -0.3 is 10.6 Å². The van der Waals surface area contributed by atoms with Crippen molar-refractivity contribution in [3.8, 4) is 0 Å². The van der Waals surface area contributed by atoms with Crippen LogP contribution in [0.5, 0.6) is 0 Å². The molecule has 1 rings (SSSR count). The Morgan fingerprint density at radius 1 is 1.47 bits per heavy atom. The molecule has 0 fully saturated rings. The molecule has 0 aliphatic carbocycles. The number of nitrogens with zero attached hydrogens (tertiary/aromatic N) is 2. The standard InChI is InChI=1S/C11H19N3O2S/c1-14(5-6-17(2,15)16)9-10-3-4-13-11(7-10)8-12/h3-4,7H,5-6,8-9,12H2,1-2H3. The Morgan fingerprint density at radius 3 is 2.76 bits per heavy atom. The monoisotopic (exact) mass is 257 g/mol. The van der Waals surface area contributed by atoms with E-state index in [2.05, 4.69) is 4.98 Å². The van der Waals surface area contributed by atoms with Gasteiger partial charge in [-0.2, -0.15) is 0 Å². The highest BCUT2D eigenvalue weighted by Crippen LogP contribution is 2.04. The number of aromatic nitrogens is 1. The third kappa shape index (κ3) is 5.76. The molecule has 1 heterocycles.